The van der Waals surface area contributed by atoms with Gasteiger partial charge in [0.15, 0.2) is 5.84 Å². The van der Waals surface area contributed by atoms with E-state index in [9.17, 15) is 4.79 Å². The molecule has 0 radical (unpaired) electrons. The number of hydrogen-bond acceptors (Lipinski definition) is 3. The number of aromatic nitrogens is 2. The summed E-state index contributed by atoms with van der Waals surface area (Å²) in [6.07, 6.45) is 1.89. The van der Waals surface area contributed by atoms with Gasteiger partial charge in [-0.2, -0.15) is 4.99 Å². The van der Waals surface area contributed by atoms with E-state index in [4.69, 9.17) is 5.73 Å². The molecule has 1 amide bonds. The second-order valence-electron chi connectivity index (χ2n) is 2.72. The largest absolute Gasteiger partial charge is 0.382 e. The third-order valence-corrected chi connectivity index (χ3v) is 1.82. The molecule has 5 heteroatoms. The van der Waals surface area contributed by atoms with Crippen molar-refractivity contribution in [1.29, 1.82) is 0 Å². The molecule has 0 aliphatic carbocycles. The zero-order chi connectivity index (χ0) is 8.72. The minimum Gasteiger partial charge on any atom is -0.382 e. The molecule has 0 aromatic carbocycles. The van der Waals surface area contributed by atoms with Gasteiger partial charge in [0.05, 0.1) is 18.4 Å². The van der Waals surface area contributed by atoms with Gasteiger partial charge in [-0.15, -0.1) is 0 Å². The van der Waals surface area contributed by atoms with Gasteiger partial charge in [0.2, 0.25) is 0 Å². The Labute approximate surface area is 68.9 Å². The van der Waals surface area contributed by atoms with Gasteiger partial charge in [0.25, 0.3) is 5.91 Å². The second-order valence-corrected chi connectivity index (χ2v) is 2.72. The summed E-state index contributed by atoms with van der Waals surface area (Å²) in [5.74, 6) is 0.0416. The first-order valence-electron chi connectivity index (χ1n) is 3.56. The number of amidine groups is 1. The topological polar surface area (TPSA) is 73.3 Å². The SMILES string of the molecule is Cn1cnc2c1C(N)=NC(=O)C2. The number of aryl methyl sites for hydroxylation is 1. The lowest BCUT2D eigenvalue weighted by atomic mass is 10.2. The minimum atomic E-state index is -0.223. The highest BCUT2D eigenvalue weighted by molar-refractivity contribution is 6.07. The van der Waals surface area contributed by atoms with Crippen LogP contribution in [0.2, 0.25) is 0 Å². The Balaban J connectivity index is 2.63. The molecule has 0 atom stereocenters. The highest BCUT2D eigenvalue weighted by Crippen LogP contribution is 2.11. The lowest BCUT2D eigenvalue weighted by Crippen LogP contribution is -2.25. The monoisotopic (exact) mass is 164 g/mol. The molecule has 0 fully saturated rings. The van der Waals surface area contributed by atoms with Crippen molar-refractivity contribution < 1.29 is 4.79 Å². The average molecular weight is 164 g/mol. The summed E-state index contributed by atoms with van der Waals surface area (Å²) in [6.45, 7) is 0. The Morgan fingerprint density at radius 2 is 2.42 bits per heavy atom. The first-order valence-corrected chi connectivity index (χ1v) is 3.56. The molecule has 2 heterocycles. The molecular formula is C7H8N4O. The maximum atomic E-state index is 10.9. The summed E-state index contributed by atoms with van der Waals surface area (Å²) in [5.41, 5.74) is 7.03. The van der Waals surface area contributed by atoms with Gasteiger partial charge in [-0.05, 0) is 0 Å². The zero-order valence-electron chi connectivity index (χ0n) is 6.61. The predicted octanol–water partition coefficient (Wildman–Crippen LogP) is -0.792. The quantitative estimate of drug-likeness (QED) is 0.546. The standard InChI is InChI=1S/C7H8N4O/c1-11-3-9-4-2-5(12)10-7(8)6(4)11/h3H,2H2,1H3,(H2,8,10,12). The van der Waals surface area contributed by atoms with Gasteiger partial charge in [0.1, 0.15) is 5.69 Å². The fourth-order valence-electron chi connectivity index (χ4n) is 1.31. The molecule has 1 aromatic rings. The van der Waals surface area contributed by atoms with Crippen LogP contribution in [0.25, 0.3) is 0 Å². The molecular weight excluding hydrogens is 156 g/mol. The molecule has 5 nitrogen and oxygen atoms in total. The average Bonchev–Trinajstić information content (AvgIpc) is 2.31. The number of carbonyl (C=O) groups is 1. The molecule has 2 N–H and O–H groups in total. The van der Waals surface area contributed by atoms with Crippen molar-refractivity contribution in [3.8, 4) is 0 Å². The smallest absolute Gasteiger partial charge is 0.253 e. The third kappa shape index (κ3) is 0.827. The van der Waals surface area contributed by atoms with Gasteiger partial charge >= 0.3 is 0 Å². The molecule has 0 saturated carbocycles. The van der Waals surface area contributed by atoms with Gasteiger partial charge < -0.3 is 10.3 Å². The predicted molar refractivity (Wildman–Crippen MR) is 42.6 cm³/mol. The lowest BCUT2D eigenvalue weighted by molar-refractivity contribution is -0.117. The van der Waals surface area contributed by atoms with Crippen molar-refractivity contribution in [3.05, 3.63) is 17.7 Å². The number of hydrogen-bond donors (Lipinski definition) is 1. The van der Waals surface area contributed by atoms with E-state index in [1.54, 1.807) is 10.9 Å². The molecule has 2 rings (SSSR count). The summed E-state index contributed by atoms with van der Waals surface area (Å²) >= 11 is 0. The highest BCUT2D eigenvalue weighted by atomic mass is 16.1. The van der Waals surface area contributed by atoms with Crippen LogP contribution in [0.1, 0.15) is 11.4 Å². The number of imidazole rings is 1. The summed E-state index contributed by atoms with van der Waals surface area (Å²) in [4.78, 5) is 18.6. The van der Waals surface area contributed by atoms with E-state index in [0.717, 1.165) is 11.4 Å². The first kappa shape index (κ1) is 7.02. The lowest BCUT2D eigenvalue weighted by Gasteiger charge is -2.08. The molecule has 1 aliphatic rings. The molecule has 12 heavy (non-hydrogen) atoms. The van der Waals surface area contributed by atoms with Crippen LogP contribution in [0, 0.1) is 0 Å². The molecule has 0 bridgehead atoms. The van der Waals surface area contributed by atoms with E-state index >= 15 is 0 Å². The van der Waals surface area contributed by atoms with E-state index in [1.807, 2.05) is 7.05 Å². The number of nitrogens with two attached hydrogens (primary N) is 1. The highest BCUT2D eigenvalue weighted by Gasteiger charge is 2.20. The molecule has 0 spiro atoms. The van der Waals surface area contributed by atoms with Crippen LogP contribution in [-0.2, 0) is 18.3 Å². The van der Waals surface area contributed by atoms with Crippen LogP contribution < -0.4 is 5.73 Å². The number of fused-ring (bicyclic) bond motifs is 1. The fraction of sp³-hybridized carbons (Fsp3) is 0.286. The Morgan fingerprint density at radius 3 is 3.17 bits per heavy atom. The fourth-order valence-corrected chi connectivity index (χ4v) is 1.31. The van der Waals surface area contributed by atoms with E-state index in [-0.39, 0.29) is 18.2 Å². The van der Waals surface area contributed by atoms with Crippen molar-refractivity contribution in [1.82, 2.24) is 9.55 Å². The van der Waals surface area contributed by atoms with Gasteiger partial charge in [-0.1, -0.05) is 0 Å². The summed E-state index contributed by atoms with van der Waals surface area (Å²) in [6, 6.07) is 0. The molecule has 62 valence electrons. The maximum Gasteiger partial charge on any atom is 0.253 e. The van der Waals surface area contributed by atoms with Crippen LogP contribution in [0.4, 0.5) is 0 Å². The number of rotatable bonds is 0. The van der Waals surface area contributed by atoms with Gasteiger partial charge in [0, 0.05) is 7.05 Å². The minimum absolute atomic E-state index is 0.223. The van der Waals surface area contributed by atoms with Crippen LogP contribution in [0.3, 0.4) is 0 Å². The zero-order valence-corrected chi connectivity index (χ0v) is 6.61. The summed E-state index contributed by atoms with van der Waals surface area (Å²) in [7, 11) is 1.82. The maximum absolute atomic E-state index is 10.9. The molecule has 1 aromatic heterocycles. The van der Waals surface area contributed by atoms with E-state index in [0.29, 0.717) is 0 Å². The Bertz CT molecular complexity index is 377. The third-order valence-electron chi connectivity index (χ3n) is 1.82. The van der Waals surface area contributed by atoms with Crippen molar-refractivity contribution in [2.45, 2.75) is 6.42 Å². The molecule has 0 unspecified atom stereocenters. The van der Waals surface area contributed by atoms with Crippen LogP contribution >= 0.6 is 0 Å². The summed E-state index contributed by atoms with van der Waals surface area (Å²) in [5, 5.41) is 0. The van der Waals surface area contributed by atoms with Crippen LogP contribution in [0.15, 0.2) is 11.3 Å². The van der Waals surface area contributed by atoms with Gasteiger partial charge in [-0.25, -0.2) is 4.98 Å². The second kappa shape index (κ2) is 2.17. The van der Waals surface area contributed by atoms with E-state index in [2.05, 4.69) is 9.98 Å². The molecule has 0 saturated heterocycles. The normalized spacial score (nSPS) is 15.8. The van der Waals surface area contributed by atoms with Crippen LogP contribution in [0.5, 0.6) is 0 Å². The number of aliphatic imine (C=N–C) groups is 1. The Hall–Kier alpha value is -1.65. The first-order chi connectivity index (χ1) is 5.68. The van der Waals surface area contributed by atoms with Crippen molar-refractivity contribution >= 4 is 11.7 Å². The van der Waals surface area contributed by atoms with Gasteiger partial charge in [-0.3, -0.25) is 4.79 Å². The van der Waals surface area contributed by atoms with E-state index < -0.39 is 0 Å². The summed E-state index contributed by atoms with van der Waals surface area (Å²) < 4.78 is 1.76. The Morgan fingerprint density at radius 1 is 1.67 bits per heavy atom. The Kier molecular flexibility index (Phi) is 1.27. The van der Waals surface area contributed by atoms with Crippen molar-refractivity contribution in [3.63, 3.8) is 0 Å². The number of carbonyl (C=O) groups excluding carboxylic acids is 1. The molecule has 1 aliphatic heterocycles. The van der Waals surface area contributed by atoms with E-state index in [1.165, 1.54) is 0 Å². The number of amides is 1. The van der Waals surface area contributed by atoms with Crippen LogP contribution in [-0.4, -0.2) is 21.3 Å². The van der Waals surface area contributed by atoms with Crippen molar-refractivity contribution in [2.24, 2.45) is 17.8 Å². The van der Waals surface area contributed by atoms with Crippen molar-refractivity contribution in [2.75, 3.05) is 0 Å². The number of nitrogens with zero attached hydrogens (tertiary/aromatic N) is 3.